The smallest absolute Gasteiger partial charge is 0.223 e. The van der Waals surface area contributed by atoms with E-state index >= 15 is 0 Å². The highest BCUT2D eigenvalue weighted by molar-refractivity contribution is 5.78. The number of allylic oxidation sites excluding steroid dienone is 1. The Labute approximate surface area is 175 Å². The van der Waals surface area contributed by atoms with Gasteiger partial charge in [-0.15, -0.1) is 6.58 Å². The molecule has 1 fully saturated rings. The van der Waals surface area contributed by atoms with Crippen molar-refractivity contribution < 1.29 is 4.79 Å². The molecular formula is C26H34N2O. The lowest BCUT2D eigenvalue weighted by Gasteiger charge is -2.31. The number of hydrogen-bond donors (Lipinski definition) is 1. The number of unbranched alkanes of at least 4 members (excludes halogenated alkanes) is 2. The highest BCUT2D eigenvalue weighted by Crippen LogP contribution is 2.20. The zero-order valence-electron chi connectivity index (χ0n) is 17.5. The van der Waals surface area contributed by atoms with Gasteiger partial charge in [0.15, 0.2) is 0 Å². The van der Waals surface area contributed by atoms with Crippen LogP contribution >= 0.6 is 0 Å². The van der Waals surface area contributed by atoms with Gasteiger partial charge in [-0.25, -0.2) is 0 Å². The van der Waals surface area contributed by atoms with Gasteiger partial charge in [0.05, 0.1) is 0 Å². The van der Waals surface area contributed by atoms with Crippen LogP contribution in [-0.4, -0.2) is 37.0 Å². The van der Waals surface area contributed by atoms with E-state index < -0.39 is 0 Å². The summed E-state index contributed by atoms with van der Waals surface area (Å²) in [4.78, 5) is 15.0. The van der Waals surface area contributed by atoms with Crippen LogP contribution in [0.25, 0.3) is 11.1 Å². The van der Waals surface area contributed by atoms with E-state index in [0.29, 0.717) is 6.54 Å². The standard InChI is InChI=1S/C26H34N2O/c1-2-3-4-8-19-28-20-16-25(17-21-28)26(29)27-18-15-22-11-13-24(14-12-22)23-9-6-5-7-10-23/h2,5-7,9-14,25H,1,3-4,8,15-21H2,(H,27,29). The highest BCUT2D eigenvalue weighted by Gasteiger charge is 2.24. The van der Waals surface area contributed by atoms with Crippen molar-refractivity contribution in [3.05, 3.63) is 72.8 Å². The third-order valence-corrected chi connectivity index (χ3v) is 5.86. The quantitative estimate of drug-likeness (QED) is 0.453. The zero-order valence-corrected chi connectivity index (χ0v) is 17.5. The molecule has 29 heavy (non-hydrogen) atoms. The first-order chi connectivity index (χ1) is 14.3. The maximum atomic E-state index is 12.5. The predicted octanol–water partition coefficient (Wildman–Crippen LogP) is 5.08. The molecule has 3 nitrogen and oxygen atoms in total. The van der Waals surface area contributed by atoms with Crippen molar-refractivity contribution in [2.45, 2.75) is 38.5 Å². The fourth-order valence-electron chi connectivity index (χ4n) is 4.01. The second kappa shape index (κ2) is 11.6. The number of hydrogen-bond acceptors (Lipinski definition) is 2. The second-order valence-corrected chi connectivity index (χ2v) is 8.00. The molecular weight excluding hydrogens is 356 g/mol. The molecule has 0 spiro atoms. The third kappa shape index (κ3) is 6.86. The third-order valence-electron chi connectivity index (χ3n) is 5.86. The van der Waals surface area contributed by atoms with E-state index in [1.807, 2.05) is 12.1 Å². The normalized spacial score (nSPS) is 15.2. The van der Waals surface area contributed by atoms with Crippen LogP contribution < -0.4 is 5.32 Å². The molecule has 1 amide bonds. The molecule has 0 bridgehead atoms. The number of rotatable bonds is 10. The maximum absolute atomic E-state index is 12.5. The number of carbonyl (C=O) groups excluding carboxylic acids is 1. The molecule has 1 aliphatic rings. The molecule has 1 saturated heterocycles. The molecule has 2 aromatic rings. The molecule has 1 heterocycles. The molecule has 0 atom stereocenters. The van der Waals surface area contributed by atoms with E-state index in [1.54, 1.807) is 0 Å². The summed E-state index contributed by atoms with van der Waals surface area (Å²) in [6.07, 6.45) is 8.39. The van der Waals surface area contributed by atoms with Gasteiger partial charge >= 0.3 is 0 Å². The van der Waals surface area contributed by atoms with Crippen LogP contribution in [-0.2, 0) is 11.2 Å². The van der Waals surface area contributed by atoms with E-state index in [4.69, 9.17) is 0 Å². The largest absolute Gasteiger partial charge is 0.356 e. The topological polar surface area (TPSA) is 32.3 Å². The van der Waals surface area contributed by atoms with Gasteiger partial charge in [-0.2, -0.15) is 0 Å². The lowest BCUT2D eigenvalue weighted by Crippen LogP contribution is -2.41. The Morgan fingerprint density at radius 3 is 2.38 bits per heavy atom. The lowest BCUT2D eigenvalue weighted by molar-refractivity contribution is -0.126. The van der Waals surface area contributed by atoms with E-state index in [9.17, 15) is 4.79 Å². The molecule has 3 rings (SSSR count). The van der Waals surface area contributed by atoms with Crippen molar-refractivity contribution in [1.29, 1.82) is 0 Å². The number of benzene rings is 2. The van der Waals surface area contributed by atoms with Gasteiger partial charge in [0.1, 0.15) is 0 Å². The Balaban J connectivity index is 1.34. The summed E-state index contributed by atoms with van der Waals surface area (Å²) in [5.74, 6) is 0.414. The average Bonchev–Trinajstić information content (AvgIpc) is 2.78. The molecule has 0 aromatic heterocycles. The summed E-state index contributed by atoms with van der Waals surface area (Å²) in [6.45, 7) is 7.74. The molecule has 1 N–H and O–H groups in total. The predicted molar refractivity (Wildman–Crippen MR) is 122 cm³/mol. The molecule has 0 unspecified atom stereocenters. The summed E-state index contributed by atoms with van der Waals surface area (Å²) >= 11 is 0. The molecule has 1 aliphatic heterocycles. The molecule has 3 heteroatoms. The first-order valence-corrected chi connectivity index (χ1v) is 11.0. The van der Waals surface area contributed by atoms with Gasteiger partial charge in [-0.3, -0.25) is 4.79 Å². The lowest BCUT2D eigenvalue weighted by atomic mass is 9.95. The van der Waals surface area contributed by atoms with E-state index in [2.05, 4.69) is 65.3 Å². The number of piperidine rings is 1. The van der Waals surface area contributed by atoms with Gasteiger partial charge in [-0.05, 0) is 74.8 Å². The first-order valence-electron chi connectivity index (χ1n) is 11.0. The highest BCUT2D eigenvalue weighted by atomic mass is 16.1. The Morgan fingerprint density at radius 2 is 1.69 bits per heavy atom. The fraction of sp³-hybridized carbons (Fsp3) is 0.423. The average molecular weight is 391 g/mol. The summed E-state index contributed by atoms with van der Waals surface area (Å²) in [6, 6.07) is 19.1. The number of nitrogens with one attached hydrogen (secondary N) is 1. The number of likely N-dealkylation sites (tertiary alicyclic amines) is 1. The van der Waals surface area contributed by atoms with Crippen molar-refractivity contribution >= 4 is 5.91 Å². The Kier molecular flexibility index (Phi) is 8.51. The number of amides is 1. The van der Waals surface area contributed by atoms with Crippen molar-refractivity contribution in [3.63, 3.8) is 0 Å². The molecule has 2 aromatic carbocycles. The van der Waals surface area contributed by atoms with Crippen LogP contribution in [0.4, 0.5) is 0 Å². The minimum absolute atomic E-state index is 0.180. The molecule has 0 aliphatic carbocycles. The summed E-state index contributed by atoms with van der Waals surface area (Å²) in [5.41, 5.74) is 3.73. The van der Waals surface area contributed by atoms with Crippen molar-refractivity contribution in [2.24, 2.45) is 5.92 Å². The Hall–Kier alpha value is -2.39. The second-order valence-electron chi connectivity index (χ2n) is 8.00. The fourth-order valence-corrected chi connectivity index (χ4v) is 4.01. The van der Waals surface area contributed by atoms with Crippen LogP contribution in [0.5, 0.6) is 0 Å². The van der Waals surface area contributed by atoms with Gasteiger partial charge in [0, 0.05) is 12.5 Å². The van der Waals surface area contributed by atoms with Crippen molar-refractivity contribution in [3.8, 4) is 11.1 Å². The van der Waals surface area contributed by atoms with Crippen molar-refractivity contribution in [1.82, 2.24) is 10.2 Å². The SMILES string of the molecule is C=CCCCCN1CCC(C(=O)NCCc2ccc(-c3ccccc3)cc2)CC1. The number of nitrogens with zero attached hydrogens (tertiary/aromatic N) is 1. The van der Waals surface area contributed by atoms with Crippen LogP contribution in [0.15, 0.2) is 67.3 Å². The van der Waals surface area contributed by atoms with Crippen LogP contribution in [0, 0.1) is 5.92 Å². The Morgan fingerprint density at radius 1 is 1.00 bits per heavy atom. The Bertz CT molecular complexity index is 746. The van der Waals surface area contributed by atoms with Gasteiger partial charge in [-0.1, -0.05) is 60.7 Å². The van der Waals surface area contributed by atoms with E-state index in [1.165, 1.54) is 29.5 Å². The van der Waals surface area contributed by atoms with Gasteiger partial charge < -0.3 is 10.2 Å². The summed E-state index contributed by atoms with van der Waals surface area (Å²) in [7, 11) is 0. The van der Waals surface area contributed by atoms with Crippen LogP contribution in [0.3, 0.4) is 0 Å². The zero-order chi connectivity index (χ0) is 20.3. The van der Waals surface area contributed by atoms with Crippen LogP contribution in [0.2, 0.25) is 0 Å². The number of carbonyl (C=O) groups is 1. The molecule has 154 valence electrons. The first kappa shape index (κ1) is 21.3. The van der Waals surface area contributed by atoms with Gasteiger partial charge in [0.2, 0.25) is 5.91 Å². The minimum atomic E-state index is 0.180. The molecule has 0 saturated carbocycles. The van der Waals surface area contributed by atoms with Gasteiger partial charge in [0.25, 0.3) is 0 Å². The van der Waals surface area contributed by atoms with E-state index in [-0.39, 0.29) is 11.8 Å². The minimum Gasteiger partial charge on any atom is -0.356 e. The van der Waals surface area contributed by atoms with E-state index in [0.717, 1.165) is 45.3 Å². The molecule has 0 radical (unpaired) electrons. The monoisotopic (exact) mass is 390 g/mol. The van der Waals surface area contributed by atoms with Crippen molar-refractivity contribution in [2.75, 3.05) is 26.2 Å². The summed E-state index contributed by atoms with van der Waals surface area (Å²) < 4.78 is 0. The van der Waals surface area contributed by atoms with Crippen LogP contribution in [0.1, 0.15) is 37.7 Å². The maximum Gasteiger partial charge on any atom is 0.223 e. The summed E-state index contributed by atoms with van der Waals surface area (Å²) in [5, 5.41) is 3.15.